The van der Waals surface area contributed by atoms with E-state index in [1.54, 1.807) is 6.20 Å². The molecule has 0 radical (unpaired) electrons. The van der Waals surface area contributed by atoms with Gasteiger partial charge in [-0.15, -0.1) is 0 Å². The quantitative estimate of drug-likeness (QED) is 0.559. The van der Waals surface area contributed by atoms with Crippen LogP contribution in [0.25, 0.3) is 0 Å². The second kappa shape index (κ2) is 5.07. The highest BCUT2D eigenvalue weighted by Gasteiger charge is 2.41. The van der Waals surface area contributed by atoms with Crippen LogP contribution in [0.3, 0.4) is 0 Å². The van der Waals surface area contributed by atoms with Crippen molar-refractivity contribution in [1.29, 1.82) is 0 Å². The maximum Gasteiger partial charge on any atom is 0.0524 e. The van der Waals surface area contributed by atoms with Crippen LogP contribution in [0.5, 0.6) is 0 Å². The lowest BCUT2D eigenvalue weighted by Crippen LogP contribution is -2.45. The van der Waals surface area contributed by atoms with Gasteiger partial charge in [-0.3, -0.25) is 16.3 Å². The summed E-state index contributed by atoms with van der Waals surface area (Å²) in [5, 5.41) is 0. The first-order valence-corrected chi connectivity index (χ1v) is 7.08. The van der Waals surface area contributed by atoms with Crippen molar-refractivity contribution in [2.45, 2.75) is 43.8 Å². The van der Waals surface area contributed by atoms with Gasteiger partial charge in [-0.2, -0.15) is 0 Å². The lowest BCUT2D eigenvalue weighted by Gasteiger charge is -2.39. The maximum atomic E-state index is 6.07. The number of nitrogens with two attached hydrogens (primary N) is 2. The van der Waals surface area contributed by atoms with E-state index >= 15 is 0 Å². The summed E-state index contributed by atoms with van der Waals surface area (Å²) in [5.41, 5.74) is 10.9. The Bertz CT molecular complexity index is 435. The number of aromatic nitrogens is 1. The predicted octanol–water partition coefficient (Wildman–Crippen LogP) is 1.04. The van der Waals surface area contributed by atoms with Crippen molar-refractivity contribution in [2.75, 3.05) is 12.8 Å². The molecule has 19 heavy (non-hydrogen) atoms. The Morgan fingerprint density at radius 2 is 2.05 bits per heavy atom. The number of hydrazine groups is 1. The summed E-state index contributed by atoms with van der Waals surface area (Å²) in [6, 6.07) is 3.38. The van der Waals surface area contributed by atoms with Gasteiger partial charge in [0.05, 0.1) is 6.04 Å². The molecular weight excluding hydrogens is 238 g/mol. The molecule has 3 unspecified atom stereocenters. The summed E-state index contributed by atoms with van der Waals surface area (Å²) in [6.45, 7) is 0. The topological polar surface area (TPSA) is 80.2 Å². The van der Waals surface area contributed by atoms with Crippen LogP contribution in [0.1, 0.15) is 37.3 Å². The minimum Gasteiger partial charge on any atom is -0.398 e. The van der Waals surface area contributed by atoms with Gasteiger partial charge in [0.25, 0.3) is 0 Å². The molecule has 1 aromatic heterocycles. The highest BCUT2D eigenvalue weighted by atomic mass is 15.2. The van der Waals surface area contributed by atoms with Crippen molar-refractivity contribution in [1.82, 2.24) is 15.3 Å². The number of hydrogen-bond donors (Lipinski definition) is 3. The third-order valence-corrected chi connectivity index (χ3v) is 5.01. The zero-order valence-electron chi connectivity index (χ0n) is 11.4. The minimum absolute atomic E-state index is 0.116. The molecule has 0 saturated carbocycles. The van der Waals surface area contributed by atoms with E-state index in [-0.39, 0.29) is 6.04 Å². The van der Waals surface area contributed by atoms with Crippen LogP contribution in [-0.4, -0.2) is 29.0 Å². The van der Waals surface area contributed by atoms with Gasteiger partial charge in [-0.25, -0.2) is 0 Å². The molecule has 5 heteroatoms. The van der Waals surface area contributed by atoms with Crippen LogP contribution in [0.15, 0.2) is 18.5 Å². The Hall–Kier alpha value is -1.17. The number of nitrogen functional groups attached to an aromatic ring is 1. The van der Waals surface area contributed by atoms with Crippen LogP contribution in [0.4, 0.5) is 5.69 Å². The molecule has 0 aromatic carbocycles. The van der Waals surface area contributed by atoms with Crippen molar-refractivity contribution >= 4 is 5.69 Å². The van der Waals surface area contributed by atoms with E-state index in [4.69, 9.17) is 11.6 Å². The largest absolute Gasteiger partial charge is 0.398 e. The first-order chi connectivity index (χ1) is 9.20. The number of fused-ring (bicyclic) bond motifs is 2. The number of anilines is 1. The third kappa shape index (κ3) is 2.22. The number of nitrogens with zero attached hydrogens (tertiary/aromatic N) is 2. The summed E-state index contributed by atoms with van der Waals surface area (Å²) in [6.07, 6.45) is 8.59. The summed E-state index contributed by atoms with van der Waals surface area (Å²) in [7, 11) is 2.25. The second-order valence-corrected chi connectivity index (χ2v) is 5.93. The highest BCUT2D eigenvalue weighted by Crippen LogP contribution is 2.42. The molecule has 3 atom stereocenters. The number of nitrogens with one attached hydrogen (secondary N) is 1. The van der Waals surface area contributed by atoms with Crippen LogP contribution in [0, 0.1) is 5.92 Å². The van der Waals surface area contributed by atoms with Crippen LogP contribution in [0.2, 0.25) is 0 Å². The molecule has 2 fully saturated rings. The van der Waals surface area contributed by atoms with Gasteiger partial charge in [0, 0.05) is 35.7 Å². The molecule has 2 saturated heterocycles. The first-order valence-electron chi connectivity index (χ1n) is 7.08. The van der Waals surface area contributed by atoms with Gasteiger partial charge >= 0.3 is 0 Å². The fourth-order valence-electron chi connectivity index (χ4n) is 3.88. The molecule has 104 valence electrons. The molecular formula is C14H23N5. The molecule has 2 aliphatic heterocycles. The molecule has 0 aliphatic carbocycles. The average Bonchev–Trinajstić information content (AvgIpc) is 2.65. The SMILES string of the molecule is CN1C2CCC1CC(C(NN)c1cnccc1N)C2. The Labute approximate surface area is 114 Å². The van der Waals surface area contributed by atoms with E-state index in [1.807, 2.05) is 12.3 Å². The fourth-order valence-corrected chi connectivity index (χ4v) is 3.88. The predicted molar refractivity (Wildman–Crippen MR) is 76.0 cm³/mol. The minimum atomic E-state index is 0.116. The van der Waals surface area contributed by atoms with E-state index in [0.717, 1.165) is 11.3 Å². The molecule has 2 bridgehead atoms. The zero-order chi connectivity index (χ0) is 13.4. The molecule has 0 spiro atoms. The summed E-state index contributed by atoms with van der Waals surface area (Å²) < 4.78 is 0. The maximum absolute atomic E-state index is 6.07. The summed E-state index contributed by atoms with van der Waals surface area (Å²) in [5.74, 6) is 6.35. The van der Waals surface area contributed by atoms with Crippen molar-refractivity contribution in [3.8, 4) is 0 Å². The Kier molecular flexibility index (Phi) is 3.43. The van der Waals surface area contributed by atoms with E-state index in [9.17, 15) is 0 Å². The normalized spacial score (nSPS) is 32.4. The zero-order valence-corrected chi connectivity index (χ0v) is 11.4. The first kappa shape index (κ1) is 12.8. The smallest absolute Gasteiger partial charge is 0.0524 e. The van der Waals surface area contributed by atoms with E-state index in [0.29, 0.717) is 18.0 Å². The Balaban J connectivity index is 1.82. The lowest BCUT2D eigenvalue weighted by molar-refractivity contribution is 0.112. The van der Waals surface area contributed by atoms with Gasteiger partial charge in [-0.1, -0.05) is 0 Å². The van der Waals surface area contributed by atoms with Crippen molar-refractivity contribution in [2.24, 2.45) is 11.8 Å². The third-order valence-electron chi connectivity index (χ3n) is 5.01. The average molecular weight is 261 g/mol. The monoisotopic (exact) mass is 261 g/mol. The van der Waals surface area contributed by atoms with E-state index in [1.165, 1.54) is 25.7 Å². The molecule has 0 amide bonds. The molecule has 1 aromatic rings. The summed E-state index contributed by atoms with van der Waals surface area (Å²) in [4.78, 5) is 6.73. The van der Waals surface area contributed by atoms with E-state index < -0.39 is 0 Å². The number of rotatable bonds is 3. The molecule has 5 nitrogen and oxygen atoms in total. The Morgan fingerprint density at radius 3 is 2.63 bits per heavy atom. The Morgan fingerprint density at radius 1 is 1.37 bits per heavy atom. The number of piperidine rings is 1. The molecule has 3 heterocycles. The fraction of sp³-hybridized carbons (Fsp3) is 0.643. The summed E-state index contributed by atoms with van der Waals surface area (Å²) >= 11 is 0. The van der Waals surface area contributed by atoms with Crippen LogP contribution in [-0.2, 0) is 0 Å². The van der Waals surface area contributed by atoms with Crippen LogP contribution >= 0.6 is 0 Å². The molecule has 3 rings (SSSR count). The van der Waals surface area contributed by atoms with Gasteiger partial charge in [0.2, 0.25) is 0 Å². The molecule has 2 aliphatic rings. The second-order valence-electron chi connectivity index (χ2n) is 5.93. The van der Waals surface area contributed by atoms with Gasteiger partial charge < -0.3 is 10.6 Å². The molecule has 5 N–H and O–H groups in total. The van der Waals surface area contributed by atoms with Crippen molar-refractivity contribution in [3.05, 3.63) is 24.0 Å². The highest BCUT2D eigenvalue weighted by molar-refractivity contribution is 5.46. The van der Waals surface area contributed by atoms with Gasteiger partial charge in [0.15, 0.2) is 0 Å². The van der Waals surface area contributed by atoms with Gasteiger partial charge in [0.1, 0.15) is 0 Å². The van der Waals surface area contributed by atoms with Crippen molar-refractivity contribution < 1.29 is 0 Å². The van der Waals surface area contributed by atoms with E-state index in [2.05, 4.69) is 22.4 Å². The van der Waals surface area contributed by atoms with Gasteiger partial charge in [-0.05, 0) is 44.7 Å². The lowest BCUT2D eigenvalue weighted by atomic mass is 9.82. The van der Waals surface area contributed by atoms with Crippen molar-refractivity contribution in [3.63, 3.8) is 0 Å². The number of hydrogen-bond acceptors (Lipinski definition) is 5. The number of pyridine rings is 1. The standard InChI is InChI=1S/C14H23N5/c1-19-10-2-3-11(19)7-9(6-10)14(18-16)12-8-17-5-4-13(12)15/h4-5,8-11,14,18H,2-3,6-7,16H2,1H3,(H2,15,17). The van der Waals surface area contributed by atoms with Crippen LogP contribution < -0.4 is 17.0 Å².